The quantitative estimate of drug-likeness (QED) is 0.459. The number of nitrogens with one attached hydrogen (secondary N) is 2. The van der Waals surface area contributed by atoms with Gasteiger partial charge in [0, 0.05) is 43.7 Å². The third-order valence-electron chi connectivity index (χ3n) is 8.74. The van der Waals surface area contributed by atoms with Crippen LogP contribution in [0, 0.1) is 10.8 Å². The van der Waals surface area contributed by atoms with Crippen molar-refractivity contribution in [3.05, 3.63) is 54.1 Å². The summed E-state index contributed by atoms with van der Waals surface area (Å²) in [4.78, 5) is 11.8. The third-order valence-corrected chi connectivity index (χ3v) is 8.74. The first-order valence-corrected chi connectivity index (χ1v) is 13.2. The van der Waals surface area contributed by atoms with Gasteiger partial charge in [0.05, 0.1) is 12.1 Å². The molecule has 3 aromatic rings. The number of hydrogen-bond donors (Lipinski definition) is 2. The Kier molecular flexibility index (Phi) is 5.59. The molecule has 1 unspecified atom stereocenters. The maximum atomic E-state index is 5.81. The van der Waals surface area contributed by atoms with E-state index >= 15 is 0 Å². The number of nitrogens with zero attached hydrogens (tertiary/aromatic N) is 3. The number of hydrogen-bond acceptors (Lipinski definition) is 6. The van der Waals surface area contributed by atoms with Crippen LogP contribution in [0.15, 0.2) is 48.5 Å². The average molecular weight is 472 g/mol. The summed E-state index contributed by atoms with van der Waals surface area (Å²) in [5.41, 5.74) is 3.22. The van der Waals surface area contributed by atoms with Gasteiger partial charge in [-0.1, -0.05) is 30.3 Å². The molecule has 2 N–H and O–H groups in total. The van der Waals surface area contributed by atoms with E-state index in [1.807, 2.05) is 27.1 Å². The highest BCUT2D eigenvalue weighted by Crippen LogP contribution is 2.66. The van der Waals surface area contributed by atoms with E-state index in [9.17, 15) is 0 Å². The van der Waals surface area contributed by atoms with Crippen LogP contribution in [0.5, 0.6) is 5.75 Å². The molecule has 3 fully saturated rings. The Labute approximate surface area is 208 Å². The van der Waals surface area contributed by atoms with E-state index in [4.69, 9.17) is 14.7 Å². The number of ether oxygens (including phenoxy) is 1. The van der Waals surface area contributed by atoms with Gasteiger partial charge in [-0.05, 0) is 74.5 Å². The van der Waals surface area contributed by atoms with Crippen LogP contribution in [0.25, 0.3) is 10.9 Å². The monoisotopic (exact) mass is 471 g/mol. The highest BCUT2D eigenvalue weighted by molar-refractivity contribution is 5.90. The van der Waals surface area contributed by atoms with Crippen molar-refractivity contribution in [3.63, 3.8) is 0 Å². The minimum absolute atomic E-state index is 0.438. The summed E-state index contributed by atoms with van der Waals surface area (Å²) in [5.74, 6) is 2.77. The fourth-order valence-electron chi connectivity index (χ4n) is 6.34. The van der Waals surface area contributed by atoms with E-state index in [-0.39, 0.29) is 0 Å². The Morgan fingerprint density at radius 3 is 2.37 bits per heavy atom. The predicted octanol–water partition coefficient (Wildman–Crippen LogP) is 5.39. The molecule has 6 heteroatoms. The molecule has 2 atom stereocenters. The summed E-state index contributed by atoms with van der Waals surface area (Å²) < 4.78 is 5.81. The molecule has 2 spiro atoms. The van der Waals surface area contributed by atoms with E-state index in [0.29, 0.717) is 29.5 Å². The van der Waals surface area contributed by atoms with Crippen LogP contribution < -0.4 is 20.3 Å². The first-order chi connectivity index (χ1) is 17.0. The number of rotatable bonds is 8. The summed E-state index contributed by atoms with van der Waals surface area (Å²) in [7, 11) is 4.10. The van der Waals surface area contributed by atoms with Crippen molar-refractivity contribution in [1.29, 1.82) is 0 Å². The molecule has 0 amide bonds. The van der Waals surface area contributed by atoms with E-state index < -0.39 is 0 Å². The topological polar surface area (TPSA) is 62.3 Å². The maximum absolute atomic E-state index is 5.81. The minimum Gasteiger partial charge on any atom is -0.494 e. The largest absolute Gasteiger partial charge is 0.494 e. The van der Waals surface area contributed by atoms with Gasteiger partial charge in [0.1, 0.15) is 11.6 Å². The lowest BCUT2D eigenvalue weighted by Gasteiger charge is -2.31. The lowest BCUT2D eigenvalue weighted by atomic mass is 9.76. The van der Waals surface area contributed by atoms with Gasteiger partial charge in [0.15, 0.2) is 0 Å². The maximum Gasteiger partial charge on any atom is 0.225 e. The van der Waals surface area contributed by atoms with Crippen LogP contribution in [-0.4, -0.2) is 42.8 Å². The SMILES string of the molecule is CCOc1ccccc1CN[C@@H]1CC12CCC1(CC2)CC1Nc1nc(N(C)C)c2ccccc2n1. The van der Waals surface area contributed by atoms with Gasteiger partial charge in [-0.3, -0.25) is 0 Å². The van der Waals surface area contributed by atoms with Crippen molar-refractivity contribution in [2.75, 3.05) is 30.9 Å². The lowest BCUT2D eigenvalue weighted by molar-refractivity contribution is 0.223. The van der Waals surface area contributed by atoms with Crippen molar-refractivity contribution < 1.29 is 4.74 Å². The van der Waals surface area contributed by atoms with Crippen LogP contribution in [0.3, 0.4) is 0 Å². The standard InChI is InChI=1S/C29H37N5O/c1-4-35-23-12-8-5-9-20(23)19-30-24-17-28(24)13-15-29(16-14-28)18-25(29)32-27-31-22-11-7-6-10-21(22)26(33-27)34(2)3/h5-12,24-25,30H,4,13-19H2,1-3H3,(H,31,32,33)/t24-,25?,28?,29?/m1/s1. The summed E-state index contributed by atoms with van der Waals surface area (Å²) >= 11 is 0. The molecule has 6 nitrogen and oxygen atoms in total. The fraction of sp³-hybridized carbons (Fsp3) is 0.517. The Balaban J connectivity index is 1.05. The van der Waals surface area contributed by atoms with E-state index in [2.05, 4.69) is 58.0 Å². The summed E-state index contributed by atoms with van der Waals surface area (Å²) in [6.45, 7) is 3.65. The van der Waals surface area contributed by atoms with Crippen molar-refractivity contribution in [3.8, 4) is 5.75 Å². The number of anilines is 2. The molecule has 0 bridgehead atoms. The van der Waals surface area contributed by atoms with Gasteiger partial charge >= 0.3 is 0 Å². The van der Waals surface area contributed by atoms with Gasteiger partial charge in [0.2, 0.25) is 5.95 Å². The van der Waals surface area contributed by atoms with Crippen molar-refractivity contribution in [2.45, 2.75) is 64.1 Å². The summed E-state index contributed by atoms with van der Waals surface area (Å²) in [5, 5.41) is 8.66. The van der Waals surface area contributed by atoms with Crippen LogP contribution in [0.2, 0.25) is 0 Å². The molecule has 0 radical (unpaired) electrons. The van der Waals surface area contributed by atoms with Gasteiger partial charge in [0.25, 0.3) is 0 Å². The highest BCUT2D eigenvalue weighted by atomic mass is 16.5. The second-order valence-corrected chi connectivity index (χ2v) is 11.1. The molecular formula is C29H37N5O. The summed E-state index contributed by atoms with van der Waals surface area (Å²) in [6.07, 6.45) is 7.85. The predicted molar refractivity (Wildman–Crippen MR) is 142 cm³/mol. The molecule has 3 aliphatic rings. The second kappa shape index (κ2) is 8.66. The summed E-state index contributed by atoms with van der Waals surface area (Å²) in [6, 6.07) is 17.8. The molecule has 1 heterocycles. The van der Waals surface area contributed by atoms with Gasteiger partial charge < -0.3 is 20.3 Å². The number of para-hydroxylation sites is 2. The molecule has 0 saturated heterocycles. The zero-order chi connectivity index (χ0) is 24.0. The molecule has 2 aromatic carbocycles. The molecule has 184 valence electrons. The molecule has 3 saturated carbocycles. The Morgan fingerprint density at radius 1 is 0.914 bits per heavy atom. The molecule has 1 aromatic heterocycles. The van der Waals surface area contributed by atoms with E-state index in [0.717, 1.165) is 35.0 Å². The van der Waals surface area contributed by atoms with Crippen molar-refractivity contribution >= 4 is 22.7 Å². The van der Waals surface area contributed by atoms with Crippen LogP contribution in [0.4, 0.5) is 11.8 Å². The third kappa shape index (κ3) is 4.22. The molecular weight excluding hydrogens is 434 g/mol. The highest BCUT2D eigenvalue weighted by Gasteiger charge is 2.63. The van der Waals surface area contributed by atoms with Crippen LogP contribution in [-0.2, 0) is 6.54 Å². The first-order valence-electron chi connectivity index (χ1n) is 13.2. The fourth-order valence-corrected chi connectivity index (χ4v) is 6.34. The van der Waals surface area contributed by atoms with Crippen molar-refractivity contribution in [2.24, 2.45) is 10.8 Å². The molecule has 3 aliphatic carbocycles. The number of fused-ring (bicyclic) bond motifs is 1. The zero-order valence-corrected chi connectivity index (χ0v) is 21.2. The molecule has 35 heavy (non-hydrogen) atoms. The van der Waals surface area contributed by atoms with Crippen LogP contribution >= 0.6 is 0 Å². The number of aromatic nitrogens is 2. The van der Waals surface area contributed by atoms with Gasteiger partial charge in [-0.2, -0.15) is 4.98 Å². The lowest BCUT2D eigenvalue weighted by Crippen LogP contribution is -2.29. The van der Waals surface area contributed by atoms with Crippen LogP contribution in [0.1, 0.15) is 51.0 Å². The second-order valence-electron chi connectivity index (χ2n) is 11.1. The van der Waals surface area contributed by atoms with Gasteiger partial charge in [-0.25, -0.2) is 4.98 Å². The minimum atomic E-state index is 0.438. The first kappa shape index (κ1) is 22.6. The average Bonchev–Trinajstić information content (AvgIpc) is 3.75. The smallest absolute Gasteiger partial charge is 0.225 e. The zero-order valence-electron chi connectivity index (χ0n) is 21.2. The molecule has 6 rings (SSSR count). The van der Waals surface area contributed by atoms with E-state index in [1.54, 1.807) is 0 Å². The normalized spacial score (nSPS) is 28.9. The van der Waals surface area contributed by atoms with Gasteiger partial charge in [-0.15, -0.1) is 0 Å². The molecule has 0 aliphatic heterocycles. The Hall–Kier alpha value is -2.86. The van der Waals surface area contributed by atoms with Crippen molar-refractivity contribution in [1.82, 2.24) is 15.3 Å². The number of benzene rings is 2. The Bertz CT molecular complexity index is 1220. The Morgan fingerprint density at radius 2 is 1.60 bits per heavy atom. The van der Waals surface area contributed by atoms with E-state index in [1.165, 1.54) is 44.1 Å².